The molecule has 27 heavy (non-hydrogen) atoms. The topological polar surface area (TPSA) is 93.7 Å². The lowest BCUT2D eigenvalue weighted by atomic mass is 9.80. The Morgan fingerprint density at radius 2 is 1.63 bits per heavy atom. The van der Waals surface area contributed by atoms with Gasteiger partial charge in [-0.25, -0.2) is 0 Å². The number of carbonyl (C=O) groups excluding carboxylic acids is 3. The average Bonchev–Trinajstić information content (AvgIpc) is 2.66. The van der Waals surface area contributed by atoms with Crippen molar-refractivity contribution in [3.05, 3.63) is 0 Å². The third-order valence-corrected chi connectivity index (χ3v) is 4.38. The molecule has 0 unspecified atom stereocenters. The number of hydrogen-bond donors (Lipinski definition) is 2. The van der Waals surface area contributed by atoms with Crippen LogP contribution in [0.15, 0.2) is 0 Å². The lowest BCUT2D eigenvalue weighted by Crippen LogP contribution is -2.39. The average molecular weight is 387 g/mol. The summed E-state index contributed by atoms with van der Waals surface area (Å²) in [4.78, 5) is 35.0. The second-order valence-corrected chi connectivity index (χ2v) is 6.82. The first kappa shape index (κ1) is 25.5. The molecule has 1 aliphatic carbocycles. The minimum absolute atomic E-state index is 0.0259. The predicted octanol–water partition coefficient (Wildman–Crippen LogP) is 2.08. The second-order valence-electron chi connectivity index (χ2n) is 6.82. The molecule has 0 bridgehead atoms. The van der Waals surface area contributed by atoms with Crippen LogP contribution in [0.2, 0.25) is 0 Å². The summed E-state index contributed by atoms with van der Waals surface area (Å²) < 4.78 is 10.0. The first-order valence-corrected chi connectivity index (χ1v) is 10.1. The standard InChI is InChI=1S/C18H32N2O5.C2H6/c1-13(2)18(23)14-4-6-15(7-5-14)20-16(21)8-10-25-11-9-19-17(22)12-24-3;1-2/h13-15H,4-12H2,1-3H3,(H,19,22)(H,20,21);1-2H3. The molecule has 7 heteroatoms. The van der Waals surface area contributed by atoms with Crippen LogP contribution in [0.1, 0.15) is 59.8 Å². The van der Waals surface area contributed by atoms with Gasteiger partial charge in [-0.2, -0.15) is 0 Å². The number of methoxy groups -OCH3 is 1. The summed E-state index contributed by atoms with van der Waals surface area (Å²) in [6.07, 6.45) is 3.75. The van der Waals surface area contributed by atoms with Gasteiger partial charge < -0.3 is 20.1 Å². The molecule has 158 valence electrons. The summed E-state index contributed by atoms with van der Waals surface area (Å²) in [5, 5.41) is 5.66. The summed E-state index contributed by atoms with van der Waals surface area (Å²) in [7, 11) is 1.46. The van der Waals surface area contributed by atoms with Crippen molar-refractivity contribution in [1.29, 1.82) is 0 Å². The lowest BCUT2D eigenvalue weighted by Gasteiger charge is -2.29. The fourth-order valence-electron chi connectivity index (χ4n) is 3.01. The van der Waals surface area contributed by atoms with E-state index in [-0.39, 0.29) is 36.3 Å². The van der Waals surface area contributed by atoms with Gasteiger partial charge in [-0.3, -0.25) is 14.4 Å². The maximum atomic E-state index is 12.0. The fourth-order valence-corrected chi connectivity index (χ4v) is 3.01. The number of Topliss-reactive ketones (excluding diaryl/α,β-unsaturated/α-hetero) is 1. The van der Waals surface area contributed by atoms with Gasteiger partial charge in [0, 0.05) is 38.0 Å². The molecule has 1 fully saturated rings. The number of ketones is 1. The maximum absolute atomic E-state index is 12.0. The fraction of sp³-hybridized carbons (Fsp3) is 0.850. The van der Waals surface area contributed by atoms with E-state index in [0.717, 1.165) is 25.7 Å². The highest BCUT2D eigenvalue weighted by Gasteiger charge is 2.28. The molecule has 0 heterocycles. The summed E-state index contributed by atoms with van der Waals surface area (Å²) in [6.45, 7) is 9.02. The molecule has 1 aliphatic rings. The molecule has 0 radical (unpaired) electrons. The Hall–Kier alpha value is -1.47. The van der Waals surface area contributed by atoms with Crippen LogP contribution in [0.5, 0.6) is 0 Å². The number of rotatable bonds is 11. The highest BCUT2D eigenvalue weighted by molar-refractivity contribution is 5.83. The summed E-state index contributed by atoms with van der Waals surface area (Å²) in [5.74, 6) is 0.380. The Kier molecular flexibility index (Phi) is 14.7. The number of hydrogen-bond acceptors (Lipinski definition) is 5. The minimum atomic E-state index is -0.185. The normalized spacial score (nSPS) is 19.0. The van der Waals surface area contributed by atoms with Crippen LogP contribution < -0.4 is 10.6 Å². The minimum Gasteiger partial charge on any atom is -0.379 e. The molecule has 1 saturated carbocycles. The second kappa shape index (κ2) is 15.6. The number of ether oxygens (including phenoxy) is 2. The predicted molar refractivity (Wildman–Crippen MR) is 105 cm³/mol. The molecule has 0 aromatic heterocycles. The molecule has 0 aliphatic heterocycles. The van der Waals surface area contributed by atoms with Gasteiger partial charge in [0.15, 0.2) is 0 Å². The third kappa shape index (κ3) is 11.8. The van der Waals surface area contributed by atoms with Crippen LogP contribution in [-0.2, 0) is 23.9 Å². The van der Waals surface area contributed by atoms with E-state index in [4.69, 9.17) is 9.47 Å². The molecule has 0 atom stereocenters. The van der Waals surface area contributed by atoms with E-state index >= 15 is 0 Å². The number of nitrogens with one attached hydrogen (secondary N) is 2. The molecule has 1 rings (SSSR count). The first-order valence-electron chi connectivity index (χ1n) is 10.1. The van der Waals surface area contributed by atoms with Crippen LogP contribution in [0, 0.1) is 11.8 Å². The smallest absolute Gasteiger partial charge is 0.246 e. The Balaban J connectivity index is 0.00000326. The van der Waals surface area contributed by atoms with Crippen molar-refractivity contribution < 1.29 is 23.9 Å². The van der Waals surface area contributed by atoms with Crippen LogP contribution >= 0.6 is 0 Å². The molecule has 0 spiro atoms. The largest absolute Gasteiger partial charge is 0.379 e. The van der Waals surface area contributed by atoms with E-state index in [1.165, 1.54) is 7.11 Å². The van der Waals surface area contributed by atoms with Crippen molar-refractivity contribution in [2.24, 2.45) is 11.8 Å². The van der Waals surface area contributed by atoms with Gasteiger partial charge in [0.25, 0.3) is 0 Å². The van der Waals surface area contributed by atoms with Gasteiger partial charge in [-0.05, 0) is 25.7 Å². The van der Waals surface area contributed by atoms with Crippen molar-refractivity contribution >= 4 is 17.6 Å². The maximum Gasteiger partial charge on any atom is 0.246 e. The van der Waals surface area contributed by atoms with Gasteiger partial charge in [0.2, 0.25) is 11.8 Å². The van der Waals surface area contributed by atoms with E-state index in [2.05, 4.69) is 10.6 Å². The van der Waals surface area contributed by atoms with Gasteiger partial charge in [0.05, 0.1) is 13.2 Å². The van der Waals surface area contributed by atoms with Gasteiger partial charge in [-0.1, -0.05) is 27.7 Å². The molecular weight excluding hydrogens is 348 g/mol. The quantitative estimate of drug-likeness (QED) is 0.530. The zero-order chi connectivity index (χ0) is 20.7. The number of amides is 2. The van der Waals surface area contributed by atoms with Crippen molar-refractivity contribution in [3.63, 3.8) is 0 Å². The molecular formula is C20H38N2O5. The van der Waals surface area contributed by atoms with E-state index in [0.29, 0.717) is 32.0 Å². The van der Waals surface area contributed by atoms with Gasteiger partial charge >= 0.3 is 0 Å². The van der Waals surface area contributed by atoms with Crippen LogP contribution in [0.4, 0.5) is 0 Å². The Morgan fingerprint density at radius 1 is 1.00 bits per heavy atom. The molecule has 7 nitrogen and oxygen atoms in total. The number of carbonyl (C=O) groups is 3. The zero-order valence-corrected chi connectivity index (χ0v) is 17.6. The highest BCUT2D eigenvalue weighted by atomic mass is 16.5. The Bertz CT molecular complexity index is 432. The molecule has 0 saturated heterocycles. The van der Waals surface area contributed by atoms with Crippen molar-refractivity contribution in [2.75, 3.05) is 33.5 Å². The van der Waals surface area contributed by atoms with Crippen molar-refractivity contribution in [1.82, 2.24) is 10.6 Å². The summed E-state index contributed by atoms with van der Waals surface area (Å²) in [6, 6.07) is 0.164. The summed E-state index contributed by atoms with van der Waals surface area (Å²) >= 11 is 0. The van der Waals surface area contributed by atoms with Crippen LogP contribution in [0.3, 0.4) is 0 Å². The molecule has 2 amide bonds. The first-order chi connectivity index (χ1) is 12.9. The third-order valence-electron chi connectivity index (χ3n) is 4.38. The zero-order valence-electron chi connectivity index (χ0n) is 17.6. The van der Waals surface area contributed by atoms with E-state index in [1.807, 2.05) is 27.7 Å². The van der Waals surface area contributed by atoms with Crippen molar-refractivity contribution in [2.45, 2.75) is 65.8 Å². The van der Waals surface area contributed by atoms with Crippen LogP contribution in [0.25, 0.3) is 0 Å². The molecule has 0 aromatic rings. The highest BCUT2D eigenvalue weighted by Crippen LogP contribution is 2.27. The summed E-state index contributed by atoms with van der Waals surface area (Å²) in [5.41, 5.74) is 0. The Labute approximate surface area is 163 Å². The van der Waals surface area contributed by atoms with Gasteiger partial charge in [0.1, 0.15) is 12.4 Å². The monoisotopic (exact) mass is 386 g/mol. The lowest BCUT2D eigenvalue weighted by molar-refractivity contribution is -0.127. The van der Waals surface area contributed by atoms with Crippen LogP contribution in [-0.4, -0.2) is 57.1 Å². The Morgan fingerprint density at radius 3 is 2.19 bits per heavy atom. The van der Waals surface area contributed by atoms with E-state index < -0.39 is 0 Å². The van der Waals surface area contributed by atoms with Gasteiger partial charge in [-0.15, -0.1) is 0 Å². The van der Waals surface area contributed by atoms with Crippen molar-refractivity contribution in [3.8, 4) is 0 Å². The molecule has 2 N–H and O–H groups in total. The molecule has 0 aromatic carbocycles. The van der Waals surface area contributed by atoms with E-state index in [9.17, 15) is 14.4 Å². The SMILES string of the molecule is CC.COCC(=O)NCCOCCC(=O)NC1CCC(C(=O)C(C)C)CC1. The van der Waals surface area contributed by atoms with E-state index in [1.54, 1.807) is 0 Å².